The molecule has 0 atom stereocenters. The number of fused-ring (bicyclic) bond motifs is 2. The summed E-state index contributed by atoms with van der Waals surface area (Å²) in [6, 6.07) is 0. The number of hydrogen-bond acceptors (Lipinski definition) is 3. The molecule has 0 saturated carbocycles. The van der Waals surface area contributed by atoms with Gasteiger partial charge in [-0.2, -0.15) is 0 Å². The van der Waals surface area contributed by atoms with Crippen LogP contribution in [0.2, 0.25) is 0 Å². The maximum absolute atomic E-state index is 11.8. The number of aromatic nitrogens is 5. The second-order valence-electron chi connectivity index (χ2n) is 3.10. The molecule has 0 spiro atoms. The van der Waals surface area contributed by atoms with Crippen molar-refractivity contribution < 1.29 is 0 Å². The summed E-state index contributed by atoms with van der Waals surface area (Å²) in [6.07, 6.45) is 4.79. The zero-order valence-electron chi connectivity index (χ0n) is 7.43. The minimum atomic E-state index is -0.146. The lowest BCUT2D eigenvalue weighted by atomic mass is 10.5. The Morgan fingerprint density at radius 1 is 1.43 bits per heavy atom. The molecule has 0 amide bonds. The van der Waals surface area contributed by atoms with E-state index >= 15 is 0 Å². The first-order chi connectivity index (χ1) is 6.77. The van der Waals surface area contributed by atoms with Crippen molar-refractivity contribution in [1.29, 1.82) is 0 Å². The molecule has 14 heavy (non-hydrogen) atoms. The van der Waals surface area contributed by atoms with E-state index in [0.29, 0.717) is 16.9 Å². The molecule has 0 unspecified atom stereocenters. The molecule has 0 fully saturated rings. The smallest absolute Gasteiger partial charge is 0.287 e. The van der Waals surface area contributed by atoms with E-state index in [1.165, 1.54) is 4.40 Å². The molecule has 3 aromatic heterocycles. The number of rotatable bonds is 0. The summed E-state index contributed by atoms with van der Waals surface area (Å²) in [6.45, 7) is 0. The summed E-state index contributed by atoms with van der Waals surface area (Å²) in [7, 11) is 1.82. The van der Waals surface area contributed by atoms with Gasteiger partial charge in [-0.25, -0.2) is 14.4 Å². The van der Waals surface area contributed by atoms with E-state index in [-0.39, 0.29) is 5.56 Å². The van der Waals surface area contributed by atoms with Gasteiger partial charge < -0.3 is 9.55 Å². The molecule has 6 nitrogen and oxygen atoms in total. The third kappa shape index (κ3) is 0.723. The molecule has 0 aliphatic rings. The molecule has 6 heteroatoms. The minimum Gasteiger partial charge on any atom is -0.320 e. The highest BCUT2D eigenvalue weighted by atomic mass is 16.1. The molecule has 3 aromatic rings. The molecule has 70 valence electrons. The van der Waals surface area contributed by atoms with Gasteiger partial charge in [0.2, 0.25) is 5.78 Å². The second-order valence-corrected chi connectivity index (χ2v) is 3.10. The van der Waals surface area contributed by atoms with Crippen molar-refractivity contribution in [3.63, 3.8) is 0 Å². The summed E-state index contributed by atoms with van der Waals surface area (Å²) >= 11 is 0. The van der Waals surface area contributed by atoms with Gasteiger partial charge >= 0.3 is 0 Å². The van der Waals surface area contributed by atoms with Crippen LogP contribution in [0.25, 0.3) is 16.9 Å². The van der Waals surface area contributed by atoms with Crippen LogP contribution in [0.1, 0.15) is 0 Å². The Labute approximate surface area is 77.8 Å². The van der Waals surface area contributed by atoms with Gasteiger partial charge in [-0.3, -0.25) is 4.79 Å². The molecular weight excluding hydrogens is 182 g/mol. The number of hydrogen-bond donors (Lipinski definition) is 1. The van der Waals surface area contributed by atoms with Gasteiger partial charge in [0.05, 0.1) is 6.33 Å². The summed E-state index contributed by atoms with van der Waals surface area (Å²) < 4.78 is 3.20. The Kier molecular flexibility index (Phi) is 1.16. The van der Waals surface area contributed by atoms with Crippen LogP contribution in [0, 0.1) is 0 Å². The molecule has 3 rings (SSSR count). The number of imidazole rings is 2. The van der Waals surface area contributed by atoms with E-state index in [1.54, 1.807) is 23.3 Å². The first-order valence-electron chi connectivity index (χ1n) is 4.14. The van der Waals surface area contributed by atoms with Crippen LogP contribution >= 0.6 is 0 Å². The lowest BCUT2D eigenvalue weighted by Crippen LogP contribution is -2.13. The van der Waals surface area contributed by atoms with Crippen LogP contribution in [0.15, 0.2) is 23.5 Å². The first kappa shape index (κ1) is 7.31. The SMILES string of the molecule is Cn1cnc2c(=O)n3ccnc3[nH]c21. The molecule has 0 aliphatic carbocycles. The van der Waals surface area contributed by atoms with E-state index in [9.17, 15) is 4.79 Å². The lowest BCUT2D eigenvalue weighted by molar-refractivity contribution is 0.928. The molecular formula is C8H7N5O. The van der Waals surface area contributed by atoms with Crippen molar-refractivity contribution in [2.75, 3.05) is 0 Å². The van der Waals surface area contributed by atoms with Crippen LogP contribution in [-0.4, -0.2) is 23.9 Å². The summed E-state index contributed by atoms with van der Waals surface area (Å²) in [4.78, 5) is 22.9. The Hall–Kier alpha value is -2.11. The Bertz CT molecular complexity index is 674. The van der Waals surface area contributed by atoms with Gasteiger partial charge in [0.1, 0.15) is 5.65 Å². The lowest BCUT2D eigenvalue weighted by Gasteiger charge is -1.95. The molecule has 0 aromatic carbocycles. The Morgan fingerprint density at radius 3 is 3.14 bits per heavy atom. The number of nitrogens with one attached hydrogen (secondary N) is 1. The summed E-state index contributed by atoms with van der Waals surface area (Å²) in [5.41, 5.74) is 0.971. The molecule has 0 radical (unpaired) electrons. The van der Waals surface area contributed by atoms with Gasteiger partial charge in [0, 0.05) is 19.4 Å². The van der Waals surface area contributed by atoms with Crippen molar-refractivity contribution in [2.24, 2.45) is 7.05 Å². The van der Waals surface area contributed by atoms with E-state index in [1.807, 2.05) is 7.05 Å². The number of aryl methyl sites for hydroxylation is 1. The van der Waals surface area contributed by atoms with Crippen molar-refractivity contribution in [2.45, 2.75) is 0 Å². The van der Waals surface area contributed by atoms with E-state index < -0.39 is 0 Å². The third-order valence-electron chi connectivity index (χ3n) is 2.23. The van der Waals surface area contributed by atoms with Crippen molar-refractivity contribution in [3.8, 4) is 0 Å². The molecule has 1 N–H and O–H groups in total. The van der Waals surface area contributed by atoms with E-state index in [0.717, 1.165) is 0 Å². The van der Waals surface area contributed by atoms with Gasteiger partial charge in [-0.1, -0.05) is 0 Å². The molecule has 0 aliphatic heterocycles. The van der Waals surface area contributed by atoms with Crippen molar-refractivity contribution >= 4 is 16.9 Å². The van der Waals surface area contributed by atoms with Gasteiger partial charge in [0.25, 0.3) is 5.56 Å². The quantitative estimate of drug-likeness (QED) is 0.537. The maximum atomic E-state index is 11.8. The molecule has 0 bridgehead atoms. The van der Waals surface area contributed by atoms with Crippen LogP contribution in [0.3, 0.4) is 0 Å². The zero-order chi connectivity index (χ0) is 9.71. The topological polar surface area (TPSA) is 68.0 Å². The maximum Gasteiger partial charge on any atom is 0.287 e. The monoisotopic (exact) mass is 189 g/mol. The normalized spacial score (nSPS) is 11.5. The summed E-state index contributed by atoms with van der Waals surface area (Å²) in [5, 5.41) is 0. The Balaban J connectivity index is 2.72. The Morgan fingerprint density at radius 2 is 2.29 bits per heavy atom. The predicted octanol–water partition coefficient (Wildman–Crippen LogP) is -0.0907. The largest absolute Gasteiger partial charge is 0.320 e. The molecule has 3 heterocycles. The van der Waals surface area contributed by atoms with Crippen LogP contribution in [0.5, 0.6) is 0 Å². The van der Waals surface area contributed by atoms with Crippen molar-refractivity contribution in [1.82, 2.24) is 23.9 Å². The van der Waals surface area contributed by atoms with Crippen molar-refractivity contribution in [3.05, 3.63) is 29.1 Å². The number of H-pyrrole nitrogens is 1. The van der Waals surface area contributed by atoms with Crippen LogP contribution in [0.4, 0.5) is 0 Å². The van der Waals surface area contributed by atoms with Gasteiger partial charge in [-0.15, -0.1) is 0 Å². The third-order valence-corrected chi connectivity index (χ3v) is 2.23. The zero-order valence-corrected chi connectivity index (χ0v) is 7.43. The average molecular weight is 189 g/mol. The van der Waals surface area contributed by atoms with Gasteiger partial charge in [-0.05, 0) is 0 Å². The second kappa shape index (κ2) is 2.22. The van der Waals surface area contributed by atoms with E-state index in [2.05, 4.69) is 15.0 Å². The highest BCUT2D eigenvalue weighted by Crippen LogP contribution is 2.04. The highest BCUT2D eigenvalue weighted by Gasteiger charge is 2.08. The molecule has 0 saturated heterocycles. The first-order valence-corrected chi connectivity index (χ1v) is 4.14. The number of nitrogens with zero attached hydrogens (tertiary/aromatic N) is 4. The van der Waals surface area contributed by atoms with Crippen LogP contribution < -0.4 is 5.56 Å². The predicted molar refractivity (Wildman–Crippen MR) is 50.1 cm³/mol. The summed E-state index contributed by atoms with van der Waals surface area (Å²) in [5.74, 6) is 0.533. The fourth-order valence-corrected chi connectivity index (χ4v) is 1.51. The van der Waals surface area contributed by atoms with Crippen LogP contribution in [-0.2, 0) is 7.05 Å². The minimum absolute atomic E-state index is 0.146. The highest BCUT2D eigenvalue weighted by molar-refractivity contribution is 5.71. The van der Waals surface area contributed by atoms with Gasteiger partial charge in [0.15, 0.2) is 5.52 Å². The van der Waals surface area contributed by atoms with E-state index in [4.69, 9.17) is 0 Å². The fraction of sp³-hybridized carbons (Fsp3) is 0.125. The number of aromatic amines is 1. The fourth-order valence-electron chi connectivity index (χ4n) is 1.51. The average Bonchev–Trinajstić information content (AvgIpc) is 2.75. The standard InChI is InChI=1S/C8H7N5O/c1-12-4-10-5-6(12)11-8-9-2-3-13(8)7(5)14/h2-4H,1H3,(H,9,11).